The maximum absolute atomic E-state index is 12.7. The van der Waals surface area contributed by atoms with E-state index < -0.39 is 16.7 Å². The number of nitro groups is 1. The molecule has 1 aliphatic rings. The predicted octanol–water partition coefficient (Wildman–Crippen LogP) is 2.77. The van der Waals surface area contributed by atoms with E-state index in [-0.39, 0.29) is 27.6 Å². The minimum Gasteiger partial charge on any atom is -0.267 e. The Labute approximate surface area is 146 Å². The van der Waals surface area contributed by atoms with Gasteiger partial charge in [-0.25, -0.2) is 0 Å². The minimum absolute atomic E-state index is 0.154. The highest BCUT2D eigenvalue weighted by molar-refractivity contribution is 6.26. The molecule has 0 spiro atoms. The largest absolute Gasteiger partial charge is 0.282 e. The van der Waals surface area contributed by atoms with E-state index in [1.54, 1.807) is 30.6 Å². The van der Waals surface area contributed by atoms with Crippen molar-refractivity contribution in [3.63, 3.8) is 0 Å². The summed E-state index contributed by atoms with van der Waals surface area (Å²) in [5.41, 5.74) is 0.868. The summed E-state index contributed by atoms with van der Waals surface area (Å²) in [5.74, 6) is -1.26. The van der Waals surface area contributed by atoms with Crippen molar-refractivity contribution in [3.8, 4) is 0 Å². The molecule has 4 rings (SSSR count). The smallest absolute Gasteiger partial charge is 0.267 e. The highest BCUT2D eigenvalue weighted by Gasteiger charge is 2.34. The van der Waals surface area contributed by atoms with E-state index in [9.17, 15) is 19.7 Å². The van der Waals surface area contributed by atoms with Crippen LogP contribution in [0, 0.1) is 10.1 Å². The molecular formula is C18H10N4O4. The van der Waals surface area contributed by atoms with Gasteiger partial charge >= 0.3 is 0 Å². The Balaban J connectivity index is 1.86. The topological polar surface area (TPSA) is 106 Å². The maximum atomic E-state index is 12.7. The van der Waals surface area contributed by atoms with Crippen molar-refractivity contribution < 1.29 is 14.5 Å². The van der Waals surface area contributed by atoms with Crippen molar-refractivity contribution >= 4 is 34.5 Å². The Bertz CT molecular complexity index is 1090. The van der Waals surface area contributed by atoms with Gasteiger partial charge in [0.05, 0.1) is 27.7 Å². The molecule has 1 aromatic heterocycles. The van der Waals surface area contributed by atoms with Gasteiger partial charge < -0.3 is 0 Å². The number of pyridine rings is 1. The van der Waals surface area contributed by atoms with E-state index in [1.807, 2.05) is 0 Å². The van der Waals surface area contributed by atoms with Crippen LogP contribution in [0.15, 0.2) is 60.0 Å². The first-order valence-corrected chi connectivity index (χ1v) is 7.61. The molecule has 0 saturated heterocycles. The maximum Gasteiger partial charge on any atom is 0.282 e. The third kappa shape index (κ3) is 2.32. The van der Waals surface area contributed by atoms with E-state index in [4.69, 9.17) is 0 Å². The number of hydrogen-bond donors (Lipinski definition) is 0. The quantitative estimate of drug-likeness (QED) is 0.314. The number of hydrazone groups is 1. The molecular weight excluding hydrogens is 336 g/mol. The summed E-state index contributed by atoms with van der Waals surface area (Å²) >= 11 is 0. The predicted molar refractivity (Wildman–Crippen MR) is 92.9 cm³/mol. The summed E-state index contributed by atoms with van der Waals surface area (Å²) in [6.07, 6.45) is 4.50. The van der Waals surface area contributed by atoms with E-state index in [0.717, 1.165) is 5.01 Å². The van der Waals surface area contributed by atoms with Crippen molar-refractivity contribution in [1.82, 2.24) is 9.99 Å². The van der Waals surface area contributed by atoms with Gasteiger partial charge in [-0.3, -0.25) is 24.7 Å². The van der Waals surface area contributed by atoms with Gasteiger partial charge in [-0.1, -0.05) is 12.1 Å². The van der Waals surface area contributed by atoms with Crippen LogP contribution in [0.25, 0.3) is 10.8 Å². The number of hydrogen-bond acceptors (Lipinski definition) is 6. The molecule has 2 amide bonds. The highest BCUT2D eigenvalue weighted by Crippen LogP contribution is 2.35. The van der Waals surface area contributed by atoms with Gasteiger partial charge in [-0.15, -0.1) is 0 Å². The van der Waals surface area contributed by atoms with Gasteiger partial charge in [0.1, 0.15) is 0 Å². The number of nitro benzene ring substituents is 1. The van der Waals surface area contributed by atoms with Crippen LogP contribution in [0.4, 0.5) is 5.69 Å². The molecule has 8 heteroatoms. The second-order valence-electron chi connectivity index (χ2n) is 5.57. The number of imide groups is 1. The average molecular weight is 346 g/mol. The molecule has 0 radical (unpaired) electrons. The van der Waals surface area contributed by atoms with Gasteiger partial charge in [0.15, 0.2) is 0 Å². The fraction of sp³-hybridized carbons (Fsp3) is 0. The fourth-order valence-electron chi connectivity index (χ4n) is 2.91. The Hall–Kier alpha value is -3.94. The molecule has 0 atom stereocenters. The zero-order valence-electron chi connectivity index (χ0n) is 13.2. The highest BCUT2D eigenvalue weighted by atomic mass is 16.6. The van der Waals surface area contributed by atoms with Crippen LogP contribution < -0.4 is 0 Å². The Kier molecular flexibility index (Phi) is 3.51. The second-order valence-corrected chi connectivity index (χ2v) is 5.57. The molecule has 8 nitrogen and oxygen atoms in total. The fourth-order valence-corrected chi connectivity index (χ4v) is 2.91. The van der Waals surface area contributed by atoms with Gasteiger partial charge in [0, 0.05) is 29.4 Å². The standard InChI is InChI=1S/C18H10N4O4/c23-17-13-5-1-4-12-15(22(25)26)7-6-14(16(12)13)18(24)21(17)20-10-11-3-2-8-19-9-11/h1-10H. The normalized spacial score (nSPS) is 13.6. The Morgan fingerprint density at radius 2 is 1.81 bits per heavy atom. The molecule has 26 heavy (non-hydrogen) atoms. The molecule has 1 aliphatic heterocycles. The lowest BCUT2D eigenvalue weighted by atomic mass is 9.94. The van der Waals surface area contributed by atoms with Crippen LogP contribution in [0.3, 0.4) is 0 Å². The van der Waals surface area contributed by atoms with Crippen LogP contribution in [0.2, 0.25) is 0 Å². The van der Waals surface area contributed by atoms with Gasteiger partial charge in [-0.05, 0) is 24.3 Å². The molecule has 126 valence electrons. The van der Waals surface area contributed by atoms with Gasteiger partial charge in [0.25, 0.3) is 17.5 Å². The van der Waals surface area contributed by atoms with Crippen LogP contribution in [0.1, 0.15) is 26.3 Å². The lowest BCUT2D eigenvalue weighted by Gasteiger charge is -2.22. The summed E-state index contributed by atoms with van der Waals surface area (Å²) in [6, 6.07) is 10.6. The zero-order chi connectivity index (χ0) is 18.3. The minimum atomic E-state index is -0.631. The van der Waals surface area contributed by atoms with Crippen molar-refractivity contribution in [2.45, 2.75) is 0 Å². The zero-order valence-corrected chi connectivity index (χ0v) is 13.2. The summed E-state index contributed by atoms with van der Waals surface area (Å²) in [4.78, 5) is 40.1. The second kappa shape index (κ2) is 5.85. The third-order valence-electron chi connectivity index (χ3n) is 4.07. The first kappa shape index (κ1) is 15.6. The van der Waals surface area contributed by atoms with E-state index in [0.29, 0.717) is 5.56 Å². The molecule has 2 aromatic carbocycles. The van der Waals surface area contributed by atoms with Crippen LogP contribution in [-0.4, -0.2) is 32.9 Å². The Morgan fingerprint density at radius 1 is 1.04 bits per heavy atom. The summed E-state index contributed by atoms with van der Waals surface area (Å²) < 4.78 is 0. The third-order valence-corrected chi connectivity index (χ3v) is 4.07. The van der Waals surface area contributed by atoms with E-state index >= 15 is 0 Å². The number of carbonyl (C=O) groups is 2. The number of amides is 2. The SMILES string of the molecule is O=C1c2cccc3c([N+](=O)[O-])ccc(c23)C(=O)N1N=Cc1cccnc1. The number of rotatable bonds is 3. The average Bonchev–Trinajstić information content (AvgIpc) is 2.66. The molecule has 2 heterocycles. The summed E-state index contributed by atoms with van der Waals surface area (Å²) in [5, 5.41) is 16.5. The number of carbonyl (C=O) groups excluding carboxylic acids is 2. The first-order valence-electron chi connectivity index (χ1n) is 7.61. The van der Waals surface area contributed by atoms with E-state index in [2.05, 4.69) is 10.1 Å². The Morgan fingerprint density at radius 3 is 2.50 bits per heavy atom. The summed E-state index contributed by atoms with van der Waals surface area (Å²) in [7, 11) is 0. The lowest BCUT2D eigenvalue weighted by Crippen LogP contribution is -2.36. The summed E-state index contributed by atoms with van der Waals surface area (Å²) in [6.45, 7) is 0. The molecule has 0 aliphatic carbocycles. The molecule has 0 unspecified atom stereocenters. The molecule has 3 aromatic rings. The first-order chi connectivity index (χ1) is 12.6. The van der Waals surface area contributed by atoms with Crippen LogP contribution in [-0.2, 0) is 0 Å². The monoisotopic (exact) mass is 346 g/mol. The number of aromatic nitrogens is 1. The van der Waals surface area contributed by atoms with Crippen molar-refractivity contribution in [1.29, 1.82) is 0 Å². The van der Waals surface area contributed by atoms with E-state index in [1.165, 1.54) is 30.5 Å². The van der Waals surface area contributed by atoms with Crippen LogP contribution >= 0.6 is 0 Å². The molecule has 0 bridgehead atoms. The van der Waals surface area contributed by atoms with Crippen LogP contribution in [0.5, 0.6) is 0 Å². The molecule has 0 saturated carbocycles. The number of non-ortho nitro benzene ring substituents is 1. The molecule has 0 fully saturated rings. The van der Waals surface area contributed by atoms with Crippen molar-refractivity contribution in [2.24, 2.45) is 5.10 Å². The number of benzene rings is 2. The van der Waals surface area contributed by atoms with Gasteiger partial charge in [-0.2, -0.15) is 10.1 Å². The van der Waals surface area contributed by atoms with Gasteiger partial charge in [0.2, 0.25) is 0 Å². The molecule has 0 N–H and O–H groups in total. The number of nitrogens with zero attached hydrogens (tertiary/aromatic N) is 4. The lowest BCUT2D eigenvalue weighted by molar-refractivity contribution is -0.383. The van der Waals surface area contributed by atoms with Crippen molar-refractivity contribution in [2.75, 3.05) is 0 Å². The van der Waals surface area contributed by atoms with Crippen molar-refractivity contribution in [3.05, 3.63) is 81.7 Å².